The molecule has 5 rings (SSSR count). The SMILES string of the molecule is COc1nc(NC2CCC(C)(O)CC2)nn2ccc(-c3ccc4nccn4c3)c12. The zero-order valence-corrected chi connectivity index (χ0v) is 16.5. The molecular weight excluding hydrogens is 368 g/mol. The Labute approximate surface area is 168 Å². The van der Waals surface area contributed by atoms with E-state index in [1.54, 1.807) is 17.8 Å². The number of aromatic nitrogens is 5. The van der Waals surface area contributed by atoms with Gasteiger partial charge in [-0.3, -0.25) is 0 Å². The van der Waals surface area contributed by atoms with Crippen molar-refractivity contribution >= 4 is 17.1 Å². The molecule has 1 fully saturated rings. The lowest BCUT2D eigenvalue weighted by Gasteiger charge is -2.33. The van der Waals surface area contributed by atoms with Gasteiger partial charge in [0.25, 0.3) is 0 Å². The smallest absolute Gasteiger partial charge is 0.244 e. The van der Waals surface area contributed by atoms with Crippen LogP contribution in [0, 0.1) is 0 Å². The van der Waals surface area contributed by atoms with Crippen LogP contribution in [0.25, 0.3) is 22.3 Å². The Morgan fingerprint density at radius 1 is 1.21 bits per heavy atom. The van der Waals surface area contributed by atoms with E-state index in [0.717, 1.165) is 48.0 Å². The van der Waals surface area contributed by atoms with Crippen LogP contribution >= 0.6 is 0 Å². The third-order valence-electron chi connectivity index (χ3n) is 5.77. The van der Waals surface area contributed by atoms with Crippen LogP contribution in [-0.4, -0.2) is 47.8 Å². The molecule has 0 radical (unpaired) electrons. The summed E-state index contributed by atoms with van der Waals surface area (Å²) < 4.78 is 9.40. The van der Waals surface area contributed by atoms with Crippen molar-refractivity contribution < 1.29 is 9.84 Å². The third-order valence-corrected chi connectivity index (χ3v) is 5.77. The van der Waals surface area contributed by atoms with Crippen LogP contribution in [0.2, 0.25) is 0 Å². The average Bonchev–Trinajstić information content (AvgIpc) is 3.35. The number of fused-ring (bicyclic) bond motifs is 2. The molecule has 8 heteroatoms. The maximum atomic E-state index is 10.2. The number of ether oxygens (including phenoxy) is 1. The number of nitrogens with zero attached hydrogens (tertiary/aromatic N) is 5. The van der Waals surface area contributed by atoms with Crippen LogP contribution in [0.3, 0.4) is 0 Å². The number of methoxy groups -OCH3 is 1. The molecule has 0 atom stereocenters. The second-order valence-corrected chi connectivity index (χ2v) is 7.99. The van der Waals surface area contributed by atoms with Crippen molar-refractivity contribution in [1.82, 2.24) is 24.0 Å². The Morgan fingerprint density at radius 3 is 2.83 bits per heavy atom. The highest BCUT2D eigenvalue weighted by molar-refractivity contribution is 5.84. The van der Waals surface area contributed by atoms with E-state index in [0.29, 0.717) is 11.8 Å². The van der Waals surface area contributed by atoms with E-state index in [9.17, 15) is 5.11 Å². The van der Waals surface area contributed by atoms with Crippen molar-refractivity contribution in [3.63, 3.8) is 0 Å². The fourth-order valence-electron chi connectivity index (χ4n) is 4.07. The quantitative estimate of drug-likeness (QED) is 0.555. The highest BCUT2D eigenvalue weighted by Gasteiger charge is 2.29. The van der Waals surface area contributed by atoms with Gasteiger partial charge in [0.1, 0.15) is 11.2 Å². The topological polar surface area (TPSA) is 89.0 Å². The maximum Gasteiger partial charge on any atom is 0.244 e. The number of imidazole rings is 1. The minimum atomic E-state index is -0.563. The van der Waals surface area contributed by atoms with Gasteiger partial charge in [-0.25, -0.2) is 9.50 Å². The lowest BCUT2D eigenvalue weighted by Crippen LogP contribution is -2.36. The molecule has 2 N–H and O–H groups in total. The summed E-state index contributed by atoms with van der Waals surface area (Å²) in [4.78, 5) is 8.91. The Hall–Kier alpha value is -3.13. The minimum absolute atomic E-state index is 0.246. The number of nitrogens with one attached hydrogen (secondary N) is 1. The van der Waals surface area contributed by atoms with E-state index in [4.69, 9.17) is 4.74 Å². The first-order valence-corrected chi connectivity index (χ1v) is 9.88. The first-order valence-electron chi connectivity index (χ1n) is 9.88. The van der Waals surface area contributed by atoms with Gasteiger partial charge in [-0.2, -0.15) is 4.98 Å². The largest absolute Gasteiger partial charge is 0.479 e. The van der Waals surface area contributed by atoms with Crippen LogP contribution in [-0.2, 0) is 0 Å². The van der Waals surface area contributed by atoms with Gasteiger partial charge < -0.3 is 19.6 Å². The second kappa shape index (κ2) is 6.73. The van der Waals surface area contributed by atoms with E-state index in [1.807, 2.05) is 48.1 Å². The molecule has 1 saturated carbocycles. The molecule has 150 valence electrons. The van der Waals surface area contributed by atoms with Crippen LogP contribution < -0.4 is 10.1 Å². The normalized spacial score (nSPS) is 22.2. The standard InChI is InChI=1S/C21H24N6O2/c1-21(28)8-5-15(6-9-21)23-20-24-19(29-2)18-16(7-11-27(18)25-20)14-3-4-17-22-10-12-26(17)13-14/h3-4,7,10-13,15,28H,5-6,8-9H2,1-2H3,(H,23,25). The second-order valence-electron chi connectivity index (χ2n) is 7.99. The Morgan fingerprint density at radius 2 is 2.03 bits per heavy atom. The van der Waals surface area contributed by atoms with E-state index < -0.39 is 5.60 Å². The highest BCUT2D eigenvalue weighted by atomic mass is 16.5. The first-order chi connectivity index (χ1) is 14.0. The van der Waals surface area contributed by atoms with Crippen molar-refractivity contribution in [2.24, 2.45) is 0 Å². The summed E-state index contributed by atoms with van der Waals surface area (Å²) in [5, 5.41) is 18.2. The van der Waals surface area contributed by atoms with Crippen LogP contribution in [0.15, 0.2) is 43.0 Å². The van der Waals surface area contributed by atoms with Crippen molar-refractivity contribution in [1.29, 1.82) is 0 Å². The predicted octanol–water partition coefficient (Wildman–Crippen LogP) is 3.16. The summed E-state index contributed by atoms with van der Waals surface area (Å²) in [5.74, 6) is 1.06. The Kier molecular flexibility index (Phi) is 4.16. The minimum Gasteiger partial charge on any atom is -0.479 e. The molecule has 0 aliphatic heterocycles. The Balaban J connectivity index is 1.49. The lowest BCUT2D eigenvalue weighted by molar-refractivity contribution is 0.0195. The lowest BCUT2D eigenvalue weighted by atomic mass is 9.84. The monoisotopic (exact) mass is 392 g/mol. The molecule has 0 aromatic carbocycles. The number of anilines is 1. The molecule has 1 aliphatic carbocycles. The molecule has 8 nitrogen and oxygen atoms in total. The summed E-state index contributed by atoms with van der Waals surface area (Å²) in [6.45, 7) is 1.90. The fourth-order valence-corrected chi connectivity index (χ4v) is 4.07. The molecule has 29 heavy (non-hydrogen) atoms. The van der Waals surface area contributed by atoms with E-state index in [1.165, 1.54) is 0 Å². The highest BCUT2D eigenvalue weighted by Crippen LogP contribution is 2.33. The van der Waals surface area contributed by atoms with Gasteiger partial charge >= 0.3 is 0 Å². The van der Waals surface area contributed by atoms with E-state index in [-0.39, 0.29) is 6.04 Å². The van der Waals surface area contributed by atoms with Gasteiger partial charge in [0.15, 0.2) is 0 Å². The molecule has 0 saturated heterocycles. The Bertz CT molecular complexity index is 1170. The fraction of sp³-hybridized carbons (Fsp3) is 0.381. The average molecular weight is 392 g/mol. The summed E-state index contributed by atoms with van der Waals surface area (Å²) in [7, 11) is 1.62. The summed E-state index contributed by atoms with van der Waals surface area (Å²) in [6, 6.07) is 6.29. The van der Waals surface area contributed by atoms with Crippen molar-refractivity contribution in [2.75, 3.05) is 12.4 Å². The molecular formula is C21H24N6O2. The van der Waals surface area contributed by atoms with Crippen LogP contribution in [0.1, 0.15) is 32.6 Å². The summed E-state index contributed by atoms with van der Waals surface area (Å²) >= 11 is 0. The number of hydrogen-bond donors (Lipinski definition) is 2. The van der Waals surface area contributed by atoms with Gasteiger partial charge in [0.05, 0.1) is 12.7 Å². The molecule has 4 aromatic rings. The third kappa shape index (κ3) is 3.29. The van der Waals surface area contributed by atoms with E-state index >= 15 is 0 Å². The van der Waals surface area contributed by atoms with Gasteiger partial charge in [0, 0.05) is 42.0 Å². The first kappa shape index (κ1) is 17.9. The molecule has 4 heterocycles. The number of aliphatic hydroxyl groups is 1. The molecule has 1 aliphatic rings. The number of rotatable bonds is 4. The molecule has 4 aromatic heterocycles. The van der Waals surface area contributed by atoms with Crippen molar-refractivity contribution in [2.45, 2.75) is 44.2 Å². The predicted molar refractivity (Wildman–Crippen MR) is 110 cm³/mol. The van der Waals surface area contributed by atoms with Gasteiger partial charge in [-0.15, -0.1) is 5.10 Å². The maximum absolute atomic E-state index is 10.2. The molecule has 0 unspecified atom stereocenters. The van der Waals surface area contributed by atoms with Gasteiger partial charge in [0.2, 0.25) is 11.8 Å². The van der Waals surface area contributed by atoms with E-state index in [2.05, 4.69) is 20.4 Å². The van der Waals surface area contributed by atoms with Gasteiger partial charge in [-0.05, 0) is 50.8 Å². The van der Waals surface area contributed by atoms with Crippen LogP contribution in [0.5, 0.6) is 5.88 Å². The summed E-state index contributed by atoms with van der Waals surface area (Å²) in [5.41, 5.74) is 3.20. The molecule has 0 amide bonds. The van der Waals surface area contributed by atoms with Crippen molar-refractivity contribution in [3.05, 3.63) is 43.0 Å². The summed E-state index contributed by atoms with van der Waals surface area (Å²) in [6.07, 6.45) is 11.0. The van der Waals surface area contributed by atoms with Gasteiger partial charge in [-0.1, -0.05) is 0 Å². The molecule has 0 bridgehead atoms. The number of pyridine rings is 1. The van der Waals surface area contributed by atoms with Crippen LogP contribution in [0.4, 0.5) is 5.95 Å². The zero-order valence-electron chi connectivity index (χ0n) is 16.5. The number of hydrogen-bond acceptors (Lipinski definition) is 6. The van der Waals surface area contributed by atoms with Crippen molar-refractivity contribution in [3.8, 4) is 17.0 Å². The zero-order chi connectivity index (χ0) is 20.0. The molecule has 0 spiro atoms.